The van der Waals surface area contributed by atoms with Crippen molar-refractivity contribution in [2.24, 2.45) is 11.3 Å². The summed E-state index contributed by atoms with van der Waals surface area (Å²) in [6.07, 6.45) is 1.98. The molecule has 0 aromatic heterocycles. The second-order valence-corrected chi connectivity index (χ2v) is 13.8. The Morgan fingerprint density at radius 3 is 2.15 bits per heavy atom. The summed E-state index contributed by atoms with van der Waals surface area (Å²) < 4.78 is 35.4. The van der Waals surface area contributed by atoms with Crippen LogP contribution in [0.15, 0.2) is 95.4 Å². The lowest BCUT2D eigenvalue weighted by molar-refractivity contribution is -0.146. The Kier molecular flexibility index (Phi) is 9.22. The number of rotatable bonds is 9. The quantitative estimate of drug-likeness (QED) is 0.257. The van der Waals surface area contributed by atoms with Gasteiger partial charge in [-0.1, -0.05) is 99.1 Å². The maximum atomic E-state index is 14.4. The molecular weight excluding hydrogens is 558 g/mol. The maximum absolute atomic E-state index is 14.4. The van der Waals surface area contributed by atoms with Gasteiger partial charge >= 0.3 is 5.97 Å². The fourth-order valence-corrected chi connectivity index (χ4v) is 7.64. The fourth-order valence-electron chi connectivity index (χ4n) is 5.37. The first-order valence-electron chi connectivity index (χ1n) is 13.6. The summed E-state index contributed by atoms with van der Waals surface area (Å²) in [5.74, 6) is -1.51. The van der Waals surface area contributed by atoms with Gasteiger partial charge in [0.15, 0.2) is 5.78 Å². The van der Waals surface area contributed by atoms with Gasteiger partial charge in [-0.05, 0) is 53.6 Å². The van der Waals surface area contributed by atoms with E-state index in [-0.39, 0.29) is 17.1 Å². The molecule has 3 atom stereocenters. The van der Waals surface area contributed by atoms with Crippen LogP contribution in [0.4, 0.5) is 0 Å². The van der Waals surface area contributed by atoms with Crippen molar-refractivity contribution >= 4 is 33.4 Å². The third kappa shape index (κ3) is 6.64. The average molecular weight is 594 g/mol. The molecule has 0 radical (unpaired) electrons. The van der Waals surface area contributed by atoms with Gasteiger partial charge in [-0.3, -0.25) is 9.59 Å². The number of ketones is 1. The van der Waals surface area contributed by atoms with Gasteiger partial charge in [0.05, 0.1) is 24.0 Å². The molecule has 0 unspecified atom stereocenters. The van der Waals surface area contributed by atoms with Crippen LogP contribution in [0.1, 0.15) is 49.9 Å². The number of sulfonamides is 1. The molecular formula is C33H36ClNO5S. The van der Waals surface area contributed by atoms with Crippen LogP contribution in [0.3, 0.4) is 0 Å². The monoisotopic (exact) mass is 593 g/mol. The molecule has 0 N–H and O–H groups in total. The number of esters is 1. The number of hydrogen-bond acceptors (Lipinski definition) is 5. The number of ether oxygens (including phenoxy) is 1. The summed E-state index contributed by atoms with van der Waals surface area (Å²) in [5, 5.41) is 0.498. The van der Waals surface area contributed by atoms with E-state index in [1.54, 1.807) is 61.5 Å². The van der Waals surface area contributed by atoms with Gasteiger partial charge in [0.2, 0.25) is 10.0 Å². The number of hydrogen-bond donors (Lipinski definition) is 0. The Hall–Kier alpha value is -3.26. The SMILES string of the molecule is COC(=O)[C@@H](CC(=O)C1=C[C@@H](C(C)(C)C)N(S(=O)(=O)c2ccccc2C)[C@H]1c1ccc(Cl)cc1)Cc1ccccc1. The van der Waals surface area contributed by atoms with Crippen molar-refractivity contribution in [1.29, 1.82) is 0 Å². The number of benzene rings is 3. The van der Waals surface area contributed by atoms with E-state index in [0.29, 0.717) is 28.1 Å². The number of methoxy groups -OCH3 is 1. The van der Waals surface area contributed by atoms with E-state index in [2.05, 4.69) is 0 Å². The Morgan fingerprint density at radius 2 is 1.56 bits per heavy atom. The highest BCUT2D eigenvalue weighted by Gasteiger charge is 2.49. The third-order valence-corrected chi connectivity index (χ3v) is 9.75. The molecule has 3 aromatic rings. The molecule has 1 aliphatic heterocycles. The van der Waals surface area contributed by atoms with Gasteiger partial charge in [0.1, 0.15) is 0 Å². The molecule has 0 amide bonds. The zero-order valence-corrected chi connectivity index (χ0v) is 25.6. The molecule has 4 rings (SSSR count). The molecule has 0 bridgehead atoms. The minimum atomic E-state index is -4.07. The zero-order chi connectivity index (χ0) is 29.9. The highest BCUT2D eigenvalue weighted by atomic mass is 35.5. The smallest absolute Gasteiger partial charge is 0.309 e. The summed E-state index contributed by atoms with van der Waals surface area (Å²) in [6.45, 7) is 7.62. The van der Waals surface area contributed by atoms with Crippen LogP contribution in [-0.4, -0.2) is 37.6 Å². The summed E-state index contributed by atoms with van der Waals surface area (Å²) in [7, 11) is -2.76. The molecule has 0 saturated carbocycles. The predicted molar refractivity (Wildman–Crippen MR) is 161 cm³/mol. The van der Waals surface area contributed by atoms with Crippen molar-refractivity contribution in [3.8, 4) is 0 Å². The Labute approximate surface area is 248 Å². The van der Waals surface area contributed by atoms with Crippen molar-refractivity contribution in [2.75, 3.05) is 7.11 Å². The number of carbonyl (C=O) groups is 2. The summed E-state index contributed by atoms with van der Waals surface area (Å²) in [5.41, 5.74) is 1.93. The van der Waals surface area contributed by atoms with Crippen molar-refractivity contribution < 1.29 is 22.7 Å². The molecule has 8 heteroatoms. The maximum Gasteiger partial charge on any atom is 0.309 e. The molecule has 0 saturated heterocycles. The first-order chi connectivity index (χ1) is 19.3. The van der Waals surface area contributed by atoms with Crippen molar-refractivity contribution in [1.82, 2.24) is 4.31 Å². The van der Waals surface area contributed by atoms with E-state index in [1.165, 1.54) is 11.4 Å². The van der Waals surface area contributed by atoms with Gasteiger partial charge in [0, 0.05) is 23.1 Å². The largest absolute Gasteiger partial charge is 0.469 e. The van der Waals surface area contributed by atoms with Crippen LogP contribution in [0.25, 0.3) is 0 Å². The van der Waals surface area contributed by atoms with Gasteiger partial charge in [-0.15, -0.1) is 0 Å². The van der Waals surface area contributed by atoms with Gasteiger partial charge < -0.3 is 4.74 Å². The van der Waals surface area contributed by atoms with Gasteiger partial charge in [-0.2, -0.15) is 4.31 Å². The number of halogens is 1. The van der Waals surface area contributed by atoms with Crippen LogP contribution in [0.2, 0.25) is 5.02 Å². The second kappa shape index (κ2) is 12.3. The van der Waals surface area contributed by atoms with Gasteiger partial charge in [0.25, 0.3) is 0 Å². The van der Waals surface area contributed by atoms with Crippen LogP contribution in [0.5, 0.6) is 0 Å². The summed E-state index contributed by atoms with van der Waals surface area (Å²) in [6, 6.07) is 21.6. The average Bonchev–Trinajstić information content (AvgIpc) is 3.36. The van der Waals surface area contributed by atoms with E-state index >= 15 is 0 Å². The lowest BCUT2D eigenvalue weighted by Crippen LogP contribution is -2.45. The molecule has 6 nitrogen and oxygen atoms in total. The van der Waals surface area contributed by atoms with E-state index in [9.17, 15) is 18.0 Å². The lowest BCUT2D eigenvalue weighted by Gasteiger charge is -2.37. The Morgan fingerprint density at radius 1 is 0.951 bits per heavy atom. The van der Waals surface area contributed by atoms with Crippen LogP contribution in [-0.2, 0) is 30.8 Å². The normalized spacial score (nSPS) is 18.5. The van der Waals surface area contributed by atoms with Gasteiger partial charge in [-0.25, -0.2) is 8.42 Å². The summed E-state index contributed by atoms with van der Waals surface area (Å²) in [4.78, 5) is 27.1. The molecule has 3 aromatic carbocycles. The highest BCUT2D eigenvalue weighted by molar-refractivity contribution is 7.89. The Bertz CT molecular complexity index is 1540. The number of aryl methyl sites for hydroxylation is 1. The molecule has 0 aliphatic carbocycles. The van der Waals surface area contributed by atoms with E-state index < -0.39 is 39.4 Å². The fraction of sp³-hybridized carbons (Fsp3) is 0.333. The summed E-state index contributed by atoms with van der Waals surface area (Å²) >= 11 is 6.19. The van der Waals surface area contributed by atoms with Crippen LogP contribution < -0.4 is 0 Å². The molecule has 0 spiro atoms. The highest BCUT2D eigenvalue weighted by Crippen LogP contribution is 2.47. The first-order valence-corrected chi connectivity index (χ1v) is 15.4. The molecule has 1 heterocycles. The Balaban J connectivity index is 1.83. The zero-order valence-electron chi connectivity index (χ0n) is 24.0. The van der Waals surface area contributed by atoms with Crippen molar-refractivity contribution in [3.63, 3.8) is 0 Å². The molecule has 216 valence electrons. The van der Waals surface area contributed by atoms with E-state index in [4.69, 9.17) is 16.3 Å². The number of nitrogens with zero attached hydrogens (tertiary/aromatic N) is 1. The molecule has 41 heavy (non-hydrogen) atoms. The van der Waals surface area contributed by atoms with E-state index in [0.717, 1.165) is 5.56 Å². The first kappa shape index (κ1) is 30.7. The van der Waals surface area contributed by atoms with Crippen LogP contribution >= 0.6 is 11.6 Å². The third-order valence-electron chi connectivity index (χ3n) is 7.50. The van der Waals surface area contributed by atoms with Crippen molar-refractivity contribution in [2.45, 2.75) is 57.5 Å². The van der Waals surface area contributed by atoms with Crippen LogP contribution in [0, 0.1) is 18.3 Å². The number of Topliss-reactive ketones (excluding diaryl/α,β-unsaturated/α-hetero) is 1. The standard InChI is InChI=1S/C33H36ClNO5S/c1-22-11-9-10-14-29(22)41(38,39)35-30(33(2,3)4)21-27(31(35)24-15-17-26(34)18-16-24)28(36)20-25(32(37)40-5)19-23-12-7-6-8-13-23/h6-18,21,25,30-31H,19-20H2,1-5H3/t25-,30+,31+/m1/s1. The minimum Gasteiger partial charge on any atom is -0.469 e. The molecule has 0 fully saturated rings. The van der Waals surface area contributed by atoms with Crippen molar-refractivity contribution in [3.05, 3.63) is 112 Å². The topological polar surface area (TPSA) is 80.8 Å². The predicted octanol–water partition coefficient (Wildman–Crippen LogP) is 6.73. The number of carbonyl (C=O) groups excluding carboxylic acids is 2. The lowest BCUT2D eigenvalue weighted by atomic mass is 9.86. The molecule has 1 aliphatic rings. The minimum absolute atomic E-state index is 0.118. The second-order valence-electron chi connectivity index (χ2n) is 11.5. The van der Waals surface area contributed by atoms with E-state index in [1.807, 2.05) is 51.1 Å².